The number of halogens is 1. The number of nitrogen functional groups attached to an aromatic ring is 1. The van der Waals surface area contributed by atoms with E-state index in [-0.39, 0.29) is 11.2 Å². The monoisotopic (exact) mass is 539 g/mol. The van der Waals surface area contributed by atoms with Crippen molar-refractivity contribution in [2.45, 2.75) is 43.7 Å². The first-order chi connectivity index (χ1) is 19.3. The number of likely N-dealkylation sites (tertiary alicyclic amines) is 1. The van der Waals surface area contributed by atoms with Gasteiger partial charge in [-0.05, 0) is 80.5 Å². The largest absolute Gasteiger partial charge is 0.507 e. The smallest absolute Gasteiger partial charge is 0.206 e. The van der Waals surface area contributed by atoms with Gasteiger partial charge < -0.3 is 15.7 Å². The third kappa shape index (κ3) is 4.35. The molecule has 4 fully saturated rings. The number of phenolic OH excluding ortho intramolecular Hbond substituents is 1. The SMILES string of the molecule is CC1(F)CCN(CC#Cc2nccc(N3CC4CC5C(C3)CC5(c3cc(-c5ccccc5O)nnc3N)C4)n2)C1. The van der Waals surface area contributed by atoms with Crippen LogP contribution in [0.1, 0.15) is 44.0 Å². The van der Waals surface area contributed by atoms with Crippen LogP contribution in [0.4, 0.5) is 16.0 Å². The Kier molecular flexibility index (Phi) is 5.93. The van der Waals surface area contributed by atoms with Crippen LogP contribution in [-0.4, -0.2) is 68.6 Å². The molecule has 5 atom stereocenters. The molecular weight excluding hydrogens is 505 g/mol. The molecule has 3 N–H and O–H groups in total. The lowest BCUT2D eigenvalue weighted by Gasteiger charge is -2.54. The zero-order chi connectivity index (χ0) is 27.5. The molecule has 2 saturated carbocycles. The number of anilines is 2. The van der Waals surface area contributed by atoms with Gasteiger partial charge in [-0.25, -0.2) is 14.4 Å². The second-order valence-corrected chi connectivity index (χ2v) is 12.4. The molecule has 4 aliphatic rings. The van der Waals surface area contributed by atoms with Crippen LogP contribution in [0.15, 0.2) is 42.6 Å². The van der Waals surface area contributed by atoms with Gasteiger partial charge in [-0.15, -0.1) is 10.2 Å². The number of para-hydroxylation sites is 1. The first kappa shape index (κ1) is 25.2. The summed E-state index contributed by atoms with van der Waals surface area (Å²) in [6.07, 6.45) is 5.63. The minimum absolute atomic E-state index is 0.0220. The van der Waals surface area contributed by atoms with E-state index in [1.807, 2.05) is 23.1 Å². The first-order valence-corrected chi connectivity index (χ1v) is 14.2. The van der Waals surface area contributed by atoms with E-state index in [0.29, 0.717) is 60.2 Å². The lowest BCUT2D eigenvalue weighted by Crippen LogP contribution is -2.53. The number of rotatable bonds is 4. The molecular formula is C31H34FN7O. The van der Waals surface area contributed by atoms with Crippen LogP contribution in [0.25, 0.3) is 11.3 Å². The molecule has 0 radical (unpaired) electrons. The lowest BCUT2D eigenvalue weighted by molar-refractivity contribution is 0.0638. The highest BCUT2D eigenvalue weighted by atomic mass is 19.1. The van der Waals surface area contributed by atoms with Gasteiger partial charge in [0.1, 0.15) is 23.1 Å². The molecule has 3 aromatic rings. The van der Waals surface area contributed by atoms with E-state index in [4.69, 9.17) is 10.7 Å². The Morgan fingerprint density at radius 3 is 2.88 bits per heavy atom. The zero-order valence-corrected chi connectivity index (χ0v) is 22.7. The Balaban J connectivity index is 1.08. The Bertz CT molecular complexity index is 1510. The molecule has 5 unspecified atom stereocenters. The number of fused-ring (bicyclic) bond motifs is 1. The fourth-order valence-corrected chi connectivity index (χ4v) is 7.86. The average molecular weight is 540 g/mol. The van der Waals surface area contributed by atoms with Crippen LogP contribution in [0.2, 0.25) is 0 Å². The second-order valence-electron chi connectivity index (χ2n) is 12.4. The van der Waals surface area contributed by atoms with Gasteiger partial charge in [-0.1, -0.05) is 18.1 Å². The van der Waals surface area contributed by atoms with Gasteiger partial charge in [0.2, 0.25) is 5.82 Å². The molecule has 0 amide bonds. The van der Waals surface area contributed by atoms with Crippen molar-refractivity contribution in [3.8, 4) is 28.8 Å². The predicted octanol–water partition coefficient (Wildman–Crippen LogP) is 3.81. The van der Waals surface area contributed by atoms with Crippen LogP contribution in [0.3, 0.4) is 0 Å². The van der Waals surface area contributed by atoms with E-state index in [9.17, 15) is 9.50 Å². The van der Waals surface area contributed by atoms with Crippen molar-refractivity contribution >= 4 is 11.6 Å². The Morgan fingerprint density at radius 1 is 1.18 bits per heavy atom. The van der Waals surface area contributed by atoms with Gasteiger partial charge in [-0.2, -0.15) is 0 Å². The van der Waals surface area contributed by atoms with Gasteiger partial charge in [0, 0.05) is 48.9 Å². The van der Waals surface area contributed by atoms with Crippen LogP contribution < -0.4 is 10.6 Å². The summed E-state index contributed by atoms with van der Waals surface area (Å²) in [5.41, 5.74) is 7.78. The number of nitrogens with zero attached hydrogens (tertiary/aromatic N) is 6. The van der Waals surface area contributed by atoms with Gasteiger partial charge in [0.15, 0.2) is 0 Å². The van der Waals surface area contributed by atoms with Crippen molar-refractivity contribution in [1.29, 1.82) is 0 Å². The van der Waals surface area contributed by atoms with E-state index < -0.39 is 5.67 Å². The Morgan fingerprint density at radius 2 is 2.05 bits per heavy atom. The number of alkyl halides is 1. The number of hydrogen-bond donors (Lipinski definition) is 2. The standard InChI is InChI=1S/C31H34FN7O/c1-30(32)9-12-38(19-30)11-4-7-27-34-10-8-28(35-27)39-17-20-13-23-21(18-39)16-31(23,15-20)24-14-25(36-37-29(24)33)22-5-2-3-6-26(22)40/h2-3,5-6,8,10,14,20-21,23,40H,9,11-13,15-19H2,1H3,(H2,33,37). The molecule has 2 aromatic heterocycles. The maximum atomic E-state index is 14.1. The van der Waals surface area contributed by atoms with Crippen molar-refractivity contribution < 1.29 is 9.50 Å². The van der Waals surface area contributed by atoms with Crippen LogP contribution in [0.5, 0.6) is 5.75 Å². The van der Waals surface area contributed by atoms with Crippen molar-refractivity contribution in [3.05, 3.63) is 54.0 Å². The zero-order valence-electron chi connectivity index (χ0n) is 22.7. The summed E-state index contributed by atoms with van der Waals surface area (Å²) in [7, 11) is 0. The second kappa shape index (κ2) is 9.41. The minimum Gasteiger partial charge on any atom is -0.507 e. The highest BCUT2D eigenvalue weighted by molar-refractivity contribution is 5.68. The molecule has 8 nitrogen and oxygen atoms in total. The van der Waals surface area contributed by atoms with Crippen molar-refractivity contribution in [1.82, 2.24) is 25.1 Å². The Hall–Kier alpha value is -3.77. The van der Waals surface area contributed by atoms with Crippen molar-refractivity contribution in [2.75, 3.05) is 43.4 Å². The van der Waals surface area contributed by atoms with E-state index in [1.165, 1.54) is 0 Å². The van der Waals surface area contributed by atoms with E-state index in [1.54, 1.807) is 25.3 Å². The molecule has 40 heavy (non-hydrogen) atoms. The third-order valence-electron chi connectivity index (χ3n) is 9.59. The highest BCUT2D eigenvalue weighted by Crippen LogP contribution is 2.65. The molecule has 2 aliphatic carbocycles. The summed E-state index contributed by atoms with van der Waals surface area (Å²) in [5.74, 6) is 9.99. The number of nitrogens with two attached hydrogens (primary N) is 1. The molecule has 7 rings (SSSR count). The summed E-state index contributed by atoms with van der Waals surface area (Å²) < 4.78 is 14.1. The van der Waals surface area contributed by atoms with Gasteiger partial charge in [0.25, 0.3) is 0 Å². The van der Waals surface area contributed by atoms with Gasteiger partial charge >= 0.3 is 0 Å². The number of aromatic hydroxyl groups is 1. The topological polar surface area (TPSA) is 104 Å². The van der Waals surface area contributed by atoms with E-state index >= 15 is 0 Å². The van der Waals surface area contributed by atoms with Crippen LogP contribution in [-0.2, 0) is 5.41 Å². The highest BCUT2D eigenvalue weighted by Gasteiger charge is 2.62. The quantitative estimate of drug-likeness (QED) is 0.483. The molecule has 1 aromatic carbocycles. The average Bonchev–Trinajstić information content (AvgIpc) is 3.36. The maximum absolute atomic E-state index is 14.1. The van der Waals surface area contributed by atoms with Crippen LogP contribution >= 0.6 is 0 Å². The summed E-state index contributed by atoms with van der Waals surface area (Å²) in [6.45, 7) is 5.23. The molecule has 2 bridgehead atoms. The number of benzene rings is 1. The summed E-state index contributed by atoms with van der Waals surface area (Å²) in [6, 6.07) is 11.3. The molecule has 206 valence electrons. The molecule has 4 heterocycles. The van der Waals surface area contributed by atoms with E-state index in [0.717, 1.165) is 50.3 Å². The summed E-state index contributed by atoms with van der Waals surface area (Å²) >= 11 is 0. The third-order valence-corrected chi connectivity index (χ3v) is 9.59. The fourth-order valence-electron chi connectivity index (χ4n) is 7.86. The van der Waals surface area contributed by atoms with Crippen LogP contribution in [0, 0.1) is 29.6 Å². The normalized spacial score (nSPS) is 30.9. The molecule has 2 saturated heterocycles. The summed E-state index contributed by atoms with van der Waals surface area (Å²) in [5, 5.41) is 19.0. The first-order valence-electron chi connectivity index (χ1n) is 14.2. The summed E-state index contributed by atoms with van der Waals surface area (Å²) in [4.78, 5) is 13.6. The van der Waals surface area contributed by atoms with Crippen molar-refractivity contribution in [3.63, 3.8) is 0 Å². The molecule has 9 heteroatoms. The van der Waals surface area contributed by atoms with Crippen molar-refractivity contribution in [2.24, 2.45) is 17.8 Å². The maximum Gasteiger partial charge on any atom is 0.206 e. The number of phenols is 1. The Labute approximate surface area is 233 Å². The lowest BCUT2D eigenvalue weighted by atomic mass is 9.52. The van der Waals surface area contributed by atoms with Gasteiger partial charge in [0.05, 0.1) is 12.2 Å². The van der Waals surface area contributed by atoms with E-state index in [2.05, 4.69) is 38.0 Å². The predicted molar refractivity (Wildman–Crippen MR) is 151 cm³/mol. The van der Waals surface area contributed by atoms with Gasteiger partial charge in [-0.3, -0.25) is 4.90 Å². The number of hydrogen-bond acceptors (Lipinski definition) is 8. The number of aromatic nitrogens is 4. The molecule has 2 aliphatic heterocycles. The molecule has 0 spiro atoms. The fraction of sp³-hybridized carbons (Fsp3) is 0.484. The minimum atomic E-state index is -1.11.